The van der Waals surface area contributed by atoms with Crippen LogP contribution in [0.2, 0.25) is 0 Å². The summed E-state index contributed by atoms with van der Waals surface area (Å²) in [4.78, 5) is 18.5. The molecule has 2 N–H and O–H groups in total. The molecular weight excluding hydrogens is 477 g/mol. The minimum atomic E-state index is -0.580. The number of benzene rings is 1. The van der Waals surface area contributed by atoms with Crippen molar-refractivity contribution in [1.82, 2.24) is 15.5 Å². The molecule has 0 radical (unpaired) electrons. The van der Waals surface area contributed by atoms with E-state index in [1.807, 2.05) is 32.6 Å². The van der Waals surface area contributed by atoms with Crippen LogP contribution in [0.15, 0.2) is 23.2 Å². The summed E-state index contributed by atoms with van der Waals surface area (Å²) in [5.41, 5.74) is 0.450. The zero-order chi connectivity index (χ0) is 20.0. The van der Waals surface area contributed by atoms with Crippen molar-refractivity contribution < 1.29 is 13.6 Å². The van der Waals surface area contributed by atoms with Crippen LogP contribution in [-0.4, -0.2) is 49.0 Å². The second-order valence-electron chi connectivity index (χ2n) is 7.36. The van der Waals surface area contributed by atoms with E-state index in [2.05, 4.69) is 15.6 Å². The fourth-order valence-corrected chi connectivity index (χ4v) is 3.18. The maximum atomic E-state index is 13.9. The first-order valence-electron chi connectivity index (χ1n) is 9.60. The Bertz CT molecular complexity index is 684. The van der Waals surface area contributed by atoms with E-state index in [0.29, 0.717) is 31.2 Å². The first kappa shape index (κ1) is 24.6. The average molecular weight is 508 g/mol. The van der Waals surface area contributed by atoms with E-state index in [-0.39, 0.29) is 47.8 Å². The van der Waals surface area contributed by atoms with Gasteiger partial charge in [-0.2, -0.15) is 0 Å². The largest absolute Gasteiger partial charge is 0.357 e. The average Bonchev–Trinajstić information content (AvgIpc) is 3.07. The quantitative estimate of drug-likeness (QED) is 0.352. The maximum Gasteiger partial charge on any atom is 0.225 e. The number of carbonyl (C=O) groups excluding carboxylic acids is 1. The number of nitrogens with zero attached hydrogens (tertiary/aromatic N) is 2. The van der Waals surface area contributed by atoms with Crippen LogP contribution in [0, 0.1) is 17.6 Å². The molecule has 0 bridgehead atoms. The Kier molecular flexibility index (Phi) is 10.1. The molecule has 1 aromatic rings. The van der Waals surface area contributed by atoms with Gasteiger partial charge in [-0.25, -0.2) is 8.78 Å². The summed E-state index contributed by atoms with van der Waals surface area (Å²) in [6.07, 6.45) is 0.866. The minimum absolute atomic E-state index is 0. The third kappa shape index (κ3) is 6.86. The fraction of sp³-hybridized carbons (Fsp3) is 0.600. The Morgan fingerprint density at radius 1 is 1.32 bits per heavy atom. The molecule has 5 nitrogen and oxygen atoms in total. The number of hydrogen-bond acceptors (Lipinski definition) is 2. The Labute approximate surface area is 183 Å². The summed E-state index contributed by atoms with van der Waals surface area (Å²) in [6.45, 7) is 10.1. The van der Waals surface area contributed by atoms with Crippen molar-refractivity contribution in [3.63, 3.8) is 0 Å². The van der Waals surface area contributed by atoms with Crippen LogP contribution in [0.1, 0.15) is 45.6 Å². The topological polar surface area (TPSA) is 56.7 Å². The number of carbonyl (C=O) groups is 1. The molecule has 1 aliphatic rings. The molecule has 28 heavy (non-hydrogen) atoms. The van der Waals surface area contributed by atoms with Crippen molar-refractivity contribution in [2.24, 2.45) is 10.9 Å². The van der Waals surface area contributed by atoms with Crippen LogP contribution < -0.4 is 10.6 Å². The SMILES string of the molecule is CCNC(=NCC(C)c1ccc(F)cc1F)NC1CCN(C(=O)C(C)C)C1.I. The highest BCUT2D eigenvalue weighted by molar-refractivity contribution is 14.0. The lowest BCUT2D eigenvalue weighted by Gasteiger charge is -2.20. The molecule has 1 saturated heterocycles. The van der Waals surface area contributed by atoms with Gasteiger partial charge in [0.25, 0.3) is 0 Å². The number of rotatable bonds is 6. The number of aliphatic imine (C=N–C) groups is 1. The lowest BCUT2D eigenvalue weighted by molar-refractivity contribution is -0.133. The Balaban J connectivity index is 0.00000392. The lowest BCUT2D eigenvalue weighted by Crippen LogP contribution is -2.45. The van der Waals surface area contributed by atoms with Crippen molar-refractivity contribution in [2.45, 2.75) is 46.1 Å². The molecule has 1 amide bonds. The number of guanidine groups is 1. The van der Waals surface area contributed by atoms with E-state index in [1.165, 1.54) is 12.1 Å². The van der Waals surface area contributed by atoms with Crippen molar-refractivity contribution in [1.29, 1.82) is 0 Å². The molecule has 2 atom stereocenters. The Morgan fingerprint density at radius 2 is 2.04 bits per heavy atom. The standard InChI is InChI=1S/C20H30F2N4O.HI/c1-5-23-20(25-16-8-9-26(12-16)19(27)13(2)3)24-11-14(4)17-7-6-15(21)10-18(17)22;/h6-7,10,13-14,16H,5,8-9,11-12H2,1-4H3,(H2,23,24,25);1H. The van der Waals surface area contributed by atoms with Gasteiger partial charge in [0.05, 0.1) is 0 Å². The molecular formula is C20H31F2IN4O. The van der Waals surface area contributed by atoms with Gasteiger partial charge in [0.2, 0.25) is 5.91 Å². The maximum absolute atomic E-state index is 13.9. The Hall–Kier alpha value is -1.45. The van der Waals surface area contributed by atoms with Gasteiger partial charge in [-0.05, 0) is 25.0 Å². The van der Waals surface area contributed by atoms with Gasteiger partial charge in [-0.3, -0.25) is 9.79 Å². The van der Waals surface area contributed by atoms with Crippen molar-refractivity contribution in [3.05, 3.63) is 35.4 Å². The fourth-order valence-electron chi connectivity index (χ4n) is 3.18. The molecule has 1 aromatic carbocycles. The molecule has 0 saturated carbocycles. The number of nitrogens with one attached hydrogen (secondary N) is 2. The third-order valence-electron chi connectivity index (χ3n) is 4.70. The Morgan fingerprint density at radius 3 is 2.64 bits per heavy atom. The van der Waals surface area contributed by atoms with Gasteiger partial charge in [-0.15, -0.1) is 24.0 Å². The summed E-state index contributed by atoms with van der Waals surface area (Å²) < 4.78 is 27.0. The number of likely N-dealkylation sites (tertiary alicyclic amines) is 1. The van der Waals surface area contributed by atoms with Crippen molar-refractivity contribution in [2.75, 3.05) is 26.2 Å². The molecule has 2 unspecified atom stereocenters. The second kappa shape index (κ2) is 11.5. The van der Waals surface area contributed by atoms with Crippen LogP contribution in [0.5, 0.6) is 0 Å². The summed E-state index contributed by atoms with van der Waals surface area (Å²) in [7, 11) is 0. The summed E-state index contributed by atoms with van der Waals surface area (Å²) in [5, 5.41) is 6.55. The van der Waals surface area contributed by atoms with Crippen LogP contribution in [0.25, 0.3) is 0 Å². The zero-order valence-electron chi connectivity index (χ0n) is 17.0. The van der Waals surface area contributed by atoms with E-state index in [1.54, 1.807) is 0 Å². The molecule has 2 rings (SSSR count). The highest BCUT2D eigenvalue weighted by Crippen LogP contribution is 2.20. The van der Waals surface area contributed by atoms with Gasteiger partial charge in [0.15, 0.2) is 5.96 Å². The van der Waals surface area contributed by atoms with Crippen LogP contribution in [0.4, 0.5) is 8.78 Å². The smallest absolute Gasteiger partial charge is 0.225 e. The summed E-state index contributed by atoms with van der Waals surface area (Å²) in [5.74, 6) is -0.490. The van der Waals surface area contributed by atoms with E-state index in [9.17, 15) is 13.6 Å². The monoisotopic (exact) mass is 508 g/mol. The summed E-state index contributed by atoms with van der Waals surface area (Å²) in [6, 6.07) is 3.78. The molecule has 8 heteroatoms. The third-order valence-corrected chi connectivity index (χ3v) is 4.70. The first-order chi connectivity index (χ1) is 12.8. The van der Waals surface area contributed by atoms with Gasteiger partial charge >= 0.3 is 0 Å². The molecule has 1 heterocycles. The molecule has 1 aliphatic heterocycles. The van der Waals surface area contributed by atoms with Gasteiger partial charge in [0.1, 0.15) is 11.6 Å². The summed E-state index contributed by atoms with van der Waals surface area (Å²) >= 11 is 0. The van der Waals surface area contributed by atoms with Crippen molar-refractivity contribution in [3.8, 4) is 0 Å². The predicted molar refractivity (Wildman–Crippen MR) is 119 cm³/mol. The normalized spacial score (nSPS) is 18.0. The van der Waals surface area contributed by atoms with Gasteiger partial charge in [0, 0.05) is 50.1 Å². The van der Waals surface area contributed by atoms with E-state index in [4.69, 9.17) is 0 Å². The predicted octanol–water partition coefficient (Wildman–Crippen LogP) is 3.50. The number of halogens is 3. The molecule has 158 valence electrons. The first-order valence-corrected chi connectivity index (χ1v) is 9.60. The van der Waals surface area contributed by atoms with E-state index >= 15 is 0 Å². The van der Waals surface area contributed by atoms with Crippen LogP contribution in [0.3, 0.4) is 0 Å². The zero-order valence-corrected chi connectivity index (χ0v) is 19.3. The van der Waals surface area contributed by atoms with Gasteiger partial charge < -0.3 is 15.5 Å². The van der Waals surface area contributed by atoms with Gasteiger partial charge in [-0.1, -0.05) is 26.8 Å². The van der Waals surface area contributed by atoms with Crippen LogP contribution in [-0.2, 0) is 4.79 Å². The van der Waals surface area contributed by atoms with E-state index < -0.39 is 11.6 Å². The number of hydrogen-bond donors (Lipinski definition) is 2. The molecule has 0 spiro atoms. The molecule has 0 aromatic heterocycles. The number of amides is 1. The molecule has 1 fully saturated rings. The highest BCUT2D eigenvalue weighted by Gasteiger charge is 2.28. The van der Waals surface area contributed by atoms with E-state index in [0.717, 1.165) is 19.0 Å². The minimum Gasteiger partial charge on any atom is -0.357 e. The molecule has 0 aliphatic carbocycles. The highest BCUT2D eigenvalue weighted by atomic mass is 127. The lowest BCUT2D eigenvalue weighted by atomic mass is 10.0. The van der Waals surface area contributed by atoms with Crippen LogP contribution >= 0.6 is 24.0 Å². The van der Waals surface area contributed by atoms with Crippen molar-refractivity contribution >= 4 is 35.8 Å². The second-order valence-corrected chi connectivity index (χ2v) is 7.36.